The highest BCUT2D eigenvalue weighted by atomic mass is 79.9. The second-order valence-corrected chi connectivity index (χ2v) is 4.86. The summed E-state index contributed by atoms with van der Waals surface area (Å²) in [7, 11) is 0. The zero-order valence-corrected chi connectivity index (χ0v) is 11.2. The number of rotatable bonds is 4. The molecule has 0 aliphatic rings. The summed E-state index contributed by atoms with van der Waals surface area (Å²) in [6, 6.07) is 8.22. The summed E-state index contributed by atoms with van der Waals surface area (Å²) in [4.78, 5) is 0. The first-order valence-corrected chi connectivity index (χ1v) is 6.42. The van der Waals surface area contributed by atoms with Gasteiger partial charge in [0.05, 0.1) is 0 Å². The molecular weight excluding hydrogens is 283 g/mol. The average molecular weight is 296 g/mol. The van der Waals surface area contributed by atoms with Crippen molar-refractivity contribution in [2.45, 2.75) is 18.8 Å². The van der Waals surface area contributed by atoms with E-state index in [2.05, 4.69) is 35.0 Å². The summed E-state index contributed by atoms with van der Waals surface area (Å²) in [5.41, 5.74) is 1.14. The Balaban J connectivity index is 3.05. The van der Waals surface area contributed by atoms with Crippen LogP contribution >= 0.6 is 39.1 Å². The minimum Gasteiger partial charge on any atom is -0.126 e. The molecule has 3 heteroatoms. The maximum atomic E-state index is 6.00. The Morgan fingerprint density at radius 3 is 2.00 bits per heavy atom. The van der Waals surface area contributed by atoms with Crippen LogP contribution in [-0.2, 0) is 5.41 Å². The molecule has 1 rings (SSSR count). The number of alkyl halides is 2. The lowest BCUT2D eigenvalue weighted by molar-refractivity contribution is 0.520. The maximum absolute atomic E-state index is 6.00. The van der Waals surface area contributed by atoms with E-state index in [9.17, 15) is 0 Å². The largest absolute Gasteiger partial charge is 0.126 e. The van der Waals surface area contributed by atoms with Crippen molar-refractivity contribution in [2.24, 2.45) is 0 Å². The normalized spacial score (nSPS) is 11.7. The minimum absolute atomic E-state index is 0.0796. The smallest absolute Gasteiger partial charge is 0.0331 e. The van der Waals surface area contributed by atoms with E-state index in [0.717, 1.165) is 10.9 Å². The lowest BCUT2D eigenvalue weighted by Crippen LogP contribution is -2.29. The monoisotopic (exact) mass is 294 g/mol. The van der Waals surface area contributed by atoms with Gasteiger partial charge in [-0.05, 0) is 24.1 Å². The van der Waals surface area contributed by atoms with Crippen molar-refractivity contribution in [1.29, 1.82) is 0 Å². The van der Waals surface area contributed by atoms with Crippen LogP contribution < -0.4 is 0 Å². The van der Waals surface area contributed by atoms with E-state index in [-0.39, 0.29) is 5.41 Å². The van der Waals surface area contributed by atoms with Gasteiger partial charge in [-0.25, -0.2) is 0 Å². The summed E-state index contributed by atoms with van der Waals surface area (Å²) in [5.74, 6) is 1.13. The third kappa shape index (κ3) is 2.44. The lowest BCUT2D eigenvalue weighted by Gasteiger charge is -2.28. The van der Waals surface area contributed by atoms with Gasteiger partial charge in [0.2, 0.25) is 0 Å². The predicted octanol–water partition coefficient (Wildman–Crippen LogP) is 4.57. The molecule has 0 aromatic heterocycles. The number of benzene rings is 1. The summed E-state index contributed by atoms with van der Waals surface area (Å²) in [5, 5.41) is 0. The van der Waals surface area contributed by atoms with Crippen LogP contribution in [0.15, 0.2) is 28.7 Å². The zero-order chi connectivity index (χ0) is 10.6. The van der Waals surface area contributed by atoms with Crippen molar-refractivity contribution in [3.63, 3.8) is 0 Å². The minimum atomic E-state index is -0.0796. The van der Waals surface area contributed by atoms with Crippen molar-refractivity contribution in [1.82, 2.24) is 0 Å². The summed E-state index contributed by atoms with van der Waals surface area (Å²) in [6.07, 6.45) is 0.960. The molecule has 0 fully saturated rings. The van der Waals surface area contributed by atoms with Gasteiger partial charge in [0, 0.05) is 21.6 Å². The Morgan fingerprint density at radius 2 is 1.64 bits per heavy atom. The van der Waals surface area contributed by atoms with Gasteiger partial charge in [-0.15, -0.1) is 23.2 Å². The quantitative estimate of drug-likeness (QED) is 0.714. The van der Waals surface area contributed by atoms with Gasteiger partial charge in [0.1, 0.15) is 0 Å². The Labute approximate surface area is 104 Å². The molecule has 0 atom stereocenters. The SMILES string of the molecule is CCC(CCl)(CCl)c1ccc(Br)cc1. The van der Waals surface area contributed by atoms with E-state index in [1.807, 2.05) is 12.1 Å². The fourth-order valence-electron chi connectivity index (χ4n) is 1.39. The highest BCUT2D eigenvalue weighted by Crippen LogP contribution is 2.31. The van der Waals surface area contributed by atoms with Crippen LogP contribution in [0.4, 0.5) is 0 Å². The second-order valence-electron chi connectivity index (χ2n) is 3.41. The highest BCUT2D eigenvalue weighted by molar-refractivity contribution is 9.10. The van der Waals surface area contributed by atoms with Crippen LogP contribution in [0.2, 0.25) is 0 Å². The molecule has 0 aliphatic heterocycles. The molecule has 0 bridgehead atoms. The van der Waals surface area contributed by atoms with Crippen molar-refractivity contribution >= 4 is 39.1 Å². The molecule has 0 nitrogen and oxygen atoms in total. The van der Waals surface area contributed by atoms with Crippen LogP contribution in [0.1, 0.15) is 18.9 Å². The summed E-state index contributed by atoms with van der Waals surface area (Å²) in [6.45, 7) is 2.12. The summed E-state index contributed by atoms with van der Waals surface area (Å²) < 4.78 is 1.08. The number of halogens is 3. The Kier molecular flexibility index (Phi) is 4.75. The average Bonchev–Trinajstić information content (AvgIpc) is 2.24. The molecule has 0 aliphatic carbocycles. The van der Waals surface area contributed by atoms with E-state index < -0.39 is 0 Å². The van der Waals surface area contributed by atoms with Crippen molar-refractivity contribution in [3.05, 3.63) is 34.3 Å². The van der Waals surface area contributed by atoms with Crippen LogP contribution in [0.3, 0.4) is 0 Å². The first-order chi connectivity index (χ1) is 6.68. The molecule has 0 amide bonds. The van der Waals surface area contributed by atoms with Crippen LogP contribution in [0.25, 0.3) is 0 Å². The van der Waals surface area contributed by atoms with Crippen LogP contribution in [0.5, 0.6) is 0 Å². The van der Waals surface area contributed by atoms with E-state index >= 15 is 0 Å². The van der Waals surface area contributed by atoms with Crippen molar-refractivity contribution < 1.29 is 0 Å². The molecule has 0 spiro atoms. The molecule has 1 aromatic carbocycles. The maximum Gasteiger partial charge on any atom is 0.0331 e. The molecule has 0 heterocycles. The van der Waals surface area contributed by atoms with E-state index in [1.165, 1.54) is 5.56 Å². The fraction of sp³-hybridized carbons (Fsp3) is 0.455. The number of hydrogen-bond acceptors (Lipinski definition) is 0. The fourth-order valence-corrected chi connectivity index (χ4v) is 2.62. The third-order valence-corrected chi connectivity index (χ3v) is 4.20. The van der Waals surface area contributed by atoms with Gasteiger partial charge < -0.3 is 0 Å². The van der Waals surface area contributed by atoms with Gasteiger partial charge >= 0.3 is 0 Å². The Morgan fingerprint density at radius 1 is 1.14 bits per heavy atom. The van der Waals surface area contributed by atoms with E-state index in [0.29, 0.717) is 11.8 Å². The second kappa shape index (κ2) is 5.39. The van der Waals surface area contributed by atoms with Gasteiger partial charge in [-0.1, -0.05) is 35.0 Å². The zero-order valence-electron chi connectivity index (χ0n) is 8.06. The molecule has 0 radical (unpaired) electrons. The van der Waals surface area contributed by atoms with Crippen molar-refractivity contribution in [3.8, 4) is 0 Å². The molecule has 0 unspecified atom stereocenters. The van der Waals surface area contributed by atoms with Crippen LogP contribution in [0, 0.1) is 0 Å². The standard InChI is InChI=1S/C11H13BrCl2/c1-2-11(7-13,8-14)9-3-5-10(12)6-4-9/h3-6H,2,7-8H2,1H3. The van der Waals surface area contributed by atoms with E-state index in [4.69, 9.17) is 23.2 Å². The van der Waals surface area contributed by atoms with Gasteiger partial charge in [-0.3, -0.25) is 0 Å². The first kappa shape index (κ1) is 12.4. The molecule has 1 aromatic rings. The Hall–Kier alpha value is 0.280. The predicted molar refractivity (Wildman–Crippen MR) is 67.6 cm³/mol. The topological polar surface area (TPSA) is 0 Å². The number of hydrogen-bond donors (Lipinski definition) is 0. The van der Waals surface area contributed by atoms with Gasteiger partial charge in [0.15, 0.2) is 0 Å². The third-order valence-electron chi connectivity index (χ3n) is 2.64. The van der Waals surface area contributed by atoms with E-state index in [1.54, 1.807) is 0 Å². The Bertz CT molecular complexity index is 270. The van der Waals surface area contributed by atoms with Crippen molar-refractivity contribution in [2.75, 3.05) is 11.8 Å². The molecule has 0 saturated carbocycles. The van der Waals surface area contributed by atoms with Gasteiger partial charge in [0.25, 0.3) is 0 Å². The molecule has 78 valence electrons. The molecule has 0 N–H and O–H groups in total. The molecule has 14 heavy (non-hydrogen) atoms. The molecular formula is C11H13BrCl2. The van der Waals surface area contributed by atoms with Crippen LogP contribution in [-0.4, -0.2) is 11.8 Å². The highest BCUT2D eigenvalue weighted by Gasteiger charge is 2.28. The van der Waals surface area contributed by atoms with Gasteiger partial charge in [-0.2, -0.15) is 0 Å². The molecule has 0 saturated heterocycles. The lowest BCUT2D eigenvalue weighted by atomic mass is 9.82. The summed E-state index contributed by atoms with van der Waals surface area (Å²) >= 11 is 15.4. The first-order valence-electron chi connectivity index (χ1n) is 4.56.